The van der Waals surface area contributed by atoms with Crippen LogP contribution >= 0.6 is 0 Å². The largest absolute Gasteiger partial charge is 0.334 e. The maximum Gasteiger partial charge on any atom is 0.240 e. The molecule has 32 heavy (non-hydrogen) atoms. The summed E-state index contributed by atoms with van der Waals surface area (Å²) in [6.07, 6.45) is 8.23. The highest BCUT2D eigenvalue weighted by atomic mass is 19.1. The molecule has 5 rings (SSSR count). The van der Waals surface area contributed by atoms with Crippen molar-refractivity contribution in [2.24, 2.45) is 5.41 Å². The topological polar surface area (TPSA) is 74.3 Å². The molecule has 3 aliphatic heterocycles. The van der Waals surface area contributed by atoms with Crippen LogP contribution in [0.1, 0.15) is 59.6 Å². The van der Waals surface area contributed by atoms with Crippen LogP contribution in [0.5, 0.6) is 0 Å². The number of nitrogens with zero attached hydrogens (tertiary/aromatic N) is 2. The molecule has 1 amide bonds. The number of ketones is 1. The van der Waals surface area contributed by atoms with Gasteiger partial charge in [-0.1, -0.05) is 0 Å². The zero-order valence-electron chi connectivity index (χ0n) is 18.1. The number of nitrogens with one attached hydrogen (secondary N) is 2. The fraction of sp³-hybridized carbons (Fsp3) is 0.480. The molecule has 0 radical (unpaired) electrons. The molecule has 2 N–H and O–H groups in total. The zero-order valence-corrected chi connectivity index (χ0v) is 18.1. The predicted octanol–water partition coefficient (Wildman–Crippen LogP) is 2.85. The van der Waals surface area contributed by atoms with Gasteiger partial charge in [0.1, 0.15) is 5.82 Å². The summed E-state index contributed by atoms with van der Waals surface area (Å²) in [5.41, 5.74) is 2.01. The van der Waals surface area contributed by atoms with E-state index < -0.39 is 0 Å². The molecule has 6 nitrogen and oxygen atoms in total. The van der Waals surface area contributed by atoms with Crippen LogP contribution in [0.3, 0.4) is 0 Å². The van der Waals surface area contributed by atoms with Gasteiger partial charge in [-0.05, 0) is 86.5 Å². The molecule has 1 aromatic heterocycles. The smallest absolute Gasteiger partial charge is 0.240 e. The first-order chi connectivity index (χ1) is 15.5. The summed E-state index contributed by atoms with van der Waals surface area (Å²) in [6.45, 7) is 3.68. The number of aromatic nitrogens is 1. The minimum absolute atomic E-state index is 0.0673. The summed E-state index contributed by atoms with van der Waals surface area (Å²) in [4.78, 5) is 32.6. The molecule has 2 atom stereocenters. The van der Waals surface area contributed by atoms with Gasteiger partial charge in [0.2, 0.25) is 5.91 Å². The lowest BCUT2D eigenvalue weighted by Crippen LogP contribution is -2.43. The molecule has 7 heteroatoms. The summed E-state index contributed by atoms with van der Waals surface area (Å²) in [5.74, 6) is -0.404. The number of amides is 1. The van der Waals surface area contributed by atoms with Crippen molar-refractivity contribution in [2.75, 3.05) is 26.2 Å². The lowest BCUT2D eigenvalue weighted by molar-refractivity contribution is -0.134. The third-order valence-corrected chi connectivity index (χ3v) is 7.37. The first-order valence-corrected chi connectivity index (χ1v) is 11.5. The van der Waals surface area contributed by atoms with Crippen LogP contribution in [0.15, 0.2) is 42.7 Å². The fourth-order valence-corrected chi connectivity index (χ4v) is 5.54. The minimum Gasteiger partial charge on any atom is -0.334 e. The van der Waals surface area contributed by atoms with Crippen molar-refractivity contribution in [1.29, 1.82) is 0 Å². The van der Waals surface area contributed by atoms with Gasteiger partial charge in [-0.2, -0.15) is 0 Å². The third-order valence-electron chi connectivity index (χ3n) is 7.37. The number of hydrogen-bond acceptors (Lipinski definition) is 5. The normalized spacial score (nSPS) is 24.7. The van der Waals surface area contributed by atoms with Gasteiger partial charge in [0.15, 0.2) is 5.78 Å². The van der Waals surface area contributed by atoms with E-state index in [0.29, 0.717) is 11.1 Å². The second kappa shape index (κ2) is 8.71. The number of rotatable bonds is 4. The lowest BCUT2D eigenvalue weighted by atomic mass is 9.77. The van der Waals surface area contributed by atoms with Crippen LogP contribution in [0, 0.1) is 11.2 Å². The third kappa shape index (κ3) is 4.07. The van der Waals surface area contributed by atoms with E-state index in [1.54, 1.807) is 6.20 Å². The number of piperidine rings is 1. The van der Waals surface area contributed by atoms with Crippen LogP contribution in [-0.4, -0.2) is 53.8 Å². The van der Waals surface area contributed by atoms with Crippen LogP contribution in [-0.2, 0) is 4.79 Å². The molecule has 3 fully saturated rings. The molecule has 4 heterocycles. The van der Waals surface area contributed by atoms with E-state index in [1.165, 1.54) is 30.5 Å². The summed E-state index contributed by atoms with van der Waals surface area (Å²) < 4.78 is 13.2. The highest BCUT2D eigenvalue weighted by molar-refractivity contribution is 6.08. The average Bonchev–Trinajstić information content (AvgIpc) is 3.47. The Labute approximate surface area is 187 Å². The van der Waals surface area contributed by atoms with Crippen LogP contribution < -0.4 is 10.6 Å². The molecule has 0 aliphatic carbocycles. The fourth-order valence-electron chi connectivity index (χ4n) is 5.54. The Hall–Kier alpha value is -2.64. The van der Waals surface area contributed by atoms with Gasteiger partial charge in [-0.3, -0.25) is 14.6 Å². The van der Waals surface area contributed by atoms with Crippen molar-refractivity contribution in [1.82, 2.24) is 20.5 Å². The molecule has 168 valence electrons. The monoisotopic (exact) mass is 436 g/mol. The van der Waals surface area contributed by atoms with E-state index in [9.17, 15) is 14.0 Å². The highest BCUT2D eigenvalue weighted by Gasteiger charge is 2.44. The van der Waals surface area contributed by atoms with E-state index in [0.717, 1.165) is 63.8 Å². The second-order valence-corrected chi connectivity index (χ2v) is 9.42. The van der Waals surface area contributed by atoms with E-state index in [2.05, 4.69) is 15.6 Å². The van der Waals surface area contributed by atoms with Crippen LogP contribution in [0.4, 0.5) is 4.39 Å². The molecule has 3 saturated heterocycles. The van der Waals surface area contributed by atoms with Crippen molar-refractivity contribution < 1.29 is 14.0 Å². The van der Waals surface area contributed by atoms with Crippen molar-refractivity contribution >= 4 is 11.7 Å². The van der Waals surface area contributed by atoms with Gasteiger partial charge in [0.05, 0.1) is 12.1 Å². The van der Waals surface area contributed by atoms with Crippen LogP contribution in [0.2, 0.25) is 0 Å². The molecule has 0 saturated carbocycles. The van der Waals surface area contributed by atoms with E-state index in [1.807, 2.05) is 11.0 Å². The summed E-state index contributed by atoms with van der Waals surface area (Å²) >= 11 is 0. The van der Waals surface area contributed by atoms with Gasteiger partial charge in [-0.15, -0.1) is 0 Å². The second-order valence-electron chi connectivity index (χ2n) is 9.42. The van der Waals surface area contributed by atoms with Gasteiger partial charge < -0.3 is 15.5 Å². The SMILES string of the molecule is O=C(c1ccc(F)cc1)c1cncc(C2CCCN2C(=O)C2CC3(CCNCC3)CN2)c1. The Morgan fingerprint density at radius 3 is 2.66 bits per heavy atom. The summed E-state index contributed by atoms with van der Waals surface area (Å²) in [6, 6.07) is 7.17. The Bertz CT molecular complexity index is 1000. The Kier molecular flexibility index (Phi) is 5.78. The van der Waals surface area contributed by atoms with E-state index >= 15 is 0 Å². The Morgan fingerprint density at radius 1 is 1.09 bits per heavy atom. The molecule has 0 bridgehead atoms. The molecular weight excluding hydrogens is 407 g/mol. The van der Waals surface area contributed by atoms with Crippen molar-refractivity contribution in [3.8, 4) is 0 Å². The predicted molar refractivity (Wildman–Crippen MR) is 119 cm³/mol. The number of benzene rings is 1. The number of hydrogen-bond donors (Lipinski definition) is 2. The van der Waals surface area contributed by atoms with Gasteiger partial charge in [-0.25, -0.2) is 4.39 Å². The molecule has 1 aromatic carbocycles. The average molecular weight is 437 g/mol. The number of carbonyl (C=O) groups excluding carboxylic acids is 2. The Morgan fingerprint density at radius 2 is 1.88 bits per heavy atom. The summed E-state index contributed by atoms with van der Waals surface area (Å²) in [5, 5.41) is 6.92. The van der Waals surface area contributed by atoms with Crippen molar-refractivity contribution in [3.63, 3.8) is 0 Å². The van der Waals surface area contributed by atoms with Crippen LogP contribution in [0.25, 0.3) is 0 Å². The maximum atomic E-state index is 13.5. The quantitative estimate of drug-likeness (QED) is 0.721. The molecule has 3 aliphatic rings. The van der Waals surface area contributed by atoms with E-state index in [-0.39, 0.29) is 35.0 Å². The lowest BCUT2D eigenvalue weighted by Gasteiger charge is -2.33. The molecule has 2 aromatic rings. The molecular formula is C25H29FN4O2. The number of likely N-dealkylation sites (tertiary alicyclic amines) is 1. The van der Waals surface area contributed by atoms with Gasteiger partial charge in [0.25, 0.3) is 0 Å². The maximum absolute atomic E-state index is 13.5. The van der Waals surface area contributed by atoms with Gasteiger partial charge in [0, 0.05) is 36.6 Å². The standard InChI is InChI=1S/C25H29FN4O2/c26-20-5-3-17(4-6-20)23(31)19-12-18(14-28-15-19)22-2-1-11-30(22)24(32)21-13-25(16-29-21)7-9-27-10-8-25/h3-6,12,14-15,21-22,27,29H,1-2,7-11,13,16H2. The molecule has 2 unspecified atom stereocenters. The first kappa shape index (κ1) is 21.2. The number of carbonyl (C=O) groups is 2. The highest BCUT2D eigenvalue weighted by Crippen LogP contribution is 2.40. The number of pyridine rings is 1. The summed E-state index contributed by atoms with van der Waals surface area (Å²) in [7, 11) is 0. The van der Waals surface area contributed by atoms with Gasteiger partial charge >= 0.3 is 0 Å². The Balaban J connectivity index is 1.32. The number of halogens is 1. The van der Waals surface area contributed by atoms with Crippen molar-refractivity contribution in [3.05, 3.63) is 65.2 Å². The zero-order chi connectivity index (χ0) is 22.1. The van der Waals surface area contributed by atoms with Crippen molar-refractivity contribution in [2.45, 2.75) is 44.2 Å². The minimum atomic E-state index is -0.375. The first-order valence-electron chi connectivity index (χ1n) is 11.5. The molecule has 1 spiro atoms. The van der Waals surface area contributed by atoms with E-state index in [4.69, 9.17) is 0 Å².